The summed E-state index contributed by atoms with van der Waals surface area (Å²) < 4.78 is 11.2. The molecule has 1 aromatic carbocycles. The van der Waals surface area contributed by atoms with E-state index in [4.69, 9.17) is 20.8 Å². The van der Waals surface area contributed by atoms with Crippen molar-refractivity contribution in [2.45, 2.75) is 38.2 Å². The highest BCUT2D eigenvalue weighted by molar-refractivity contribution is 6.30. The molecule has 1 atom stereocenters. The molecule has 2 saturated heterocycles. The van der Waals surface area contributed by atoms with Gasteiger partial charge < -0.3 is 14.1 Å². The number of amides is 1. The van der Waals surface area contributed by atoms with Crippen molar-refractivity contribution in [3.05, 3.63) is 47.2 Å². The molecule has 0 aliphatic carbocycles. The van der Waals surface area contributed by atoms with Crippen molar-refractivity contribution in [2.24, 2.45) is 5.10 Å². The number of nitrogens with zero attached hydrogens (tertiary/aromatic N) is 3. The Bertz CT molecular complexity index is 851. The molecule has 2 aromatic rings. The summed E-state index contributed by atoms with van der Waals surface area (Å²) in [5.41, 5.74) is 0.934. The van der Waals surface area contributed by atoms with Crippen LogP contribution in [0.25, 0.3) is 11.3 Å². The molecule has 3 heterocycles. The van der Waals surface area contributed by atoms with Gasteiger partial charge in [-0.15, -0.1) is 24.8 Å². The molecule has 1 unspecified atom stereocenters. The Balaban J connectivity index is 0.00000171. The summed E-state index contributed by atoms with van der Waals surface area (Å²) in [5, 5.41) is 6.30. The first-order valence-corrected chi connectivity index (χ1v) is 10.7. The van der Waals surface area contributed by atoms with E-state index in [0.717, 1.165) is 30.7 Å². The topological polar surface area (TPSA) is 58.3 Å². The molecule has 1 aromatic heterocycles. The van der Waals surface area contributed by atoms with Crippen molar-refractivity contribution >= 4 is 48.7 Å². The lowest BCUT2D eigenvalue weighted by atomic mass is 10.1. The van der Waals surface area contributed by atoms with E-state index in [1.165, 1.54) is 37.4 Å². The predicted octanol–water partition coefficient (Wildman–Crippen LogP) is 5.86. The fraction of sp³-hybridized carbons (Fsp3) is 0.455. The van der Waals surface area contributed by atoms with Crippen molar-refractivity contribution in [3.63, 3.8) is 0 Å². The van der Waals surface area contributed by atoms with Gasteiger partial charge in [0.15, 0.2) is 0 Å². The SMILES string of the molecule is Cl.Cl.O=C1OC(CCCN2CCCCC2)CN1N=Cc1ccc(-c2ccc(Cl)cc2)o1. The number of piperidine rings is 1. The van der Waals surface area contributed by atoms with E-state index >= 15 is 0 Å². The highest BCUT2D eigenvalue weighted by Crippen LogP contribution is 2.23. The number of furan rings is 1. The Kier molecular flexibility index (Phi) is 10.2. The van der Waals surface area contributed by atoms with E-state index in [1.54, 1.807) is 6.21 Å². The van der Waals surface area contributed by atoms with E-state index in [2.05, 4.69) is 10.0 Å². The van der Waals surface area contributed by atoms with Crippen molar-refractivity contribution < 1.29 is 13.9 Å². The standard InChI is InChI=1S/C22H26ClN3O3.2ClH/c23-18-8-6-17(7-9-18)21-11-10-19(28-21)15-24-26-16-20(29-22(26)27)5-4-14-25-12-2-1-3-13-25;;/h6-11,15,20H,1-5,12-14,16H2;2*1H. The number of hydrogen-bond donors (Lipinski definition) is 0. The summed E-state index contributed by atoms with van der Waals surface area (Å²) in [4.78, 5) is 14.6. The lowest BCUT2D eigenvalue weighted by Crippen LogP contribution is -2.31. The zero-order valence-corrected chi connectivity index (χ0v) is 19.6. The maximum atomic E-state index is 12.1. The van der Waals surface area contributed by atoms with Gasteiger partial charge in [0, 0.05) is 10.6 Å². The first-order chi connectivity index (χ1) is 14.2. The van der Waals surface area contributed by atoms with E-state index in [9.17, 15) is 4.79 Å². The summed E-state index contributed by atoms with van der Waals surface area (Å²) in [6, 6.07) is 11.1. The van der Waals surface area contributed by atoms with E-state index in [1.807, 2.05) is 36.4 Å². The average molecular weight is 489 g/mol. The second-order valence-corrected chi connectivity index (χ2v) is 8.02. The number of cyclic esters (lactones) is 1. The number of rotatable bonds is 7. The summed E-state index contributed by atoms with van der Waals surface area (Å²) in [6.45, 7) is 3.96. The molecule has 0 radical (unpaired) electrons. The number of carbonyl (C=O) groups is 1. The minimum Gasteiger partial charge on any atom is -0.455 e. The molecule has 0 bridgehead atoms. The van der Waals surface area contributed by atoms with Crippen LogP contribution in [0.1, 0.15) is 37.9 Å². The van der Waals surface area contributed by atoms with Crippen LogP contribution >= 0.6 is 36.4 Å². The second-order valence-electron chi connectivity index (χ2n) is 7.59. The molecule has 0 N–H and O–H groups in total. The van der Waals surface area contributed by atoms with Crippen LogP contribution in [0.5, 0.6) is 0 Å². The smallest absolute Gasteiger partial charge is 0.430 e. The van der Waals surface area contributed by atoms with Crippen LogP contribution < -0.4 is 0 Å². The number of carbonyl (C=O) groups excluding carboxylic acids is 1. The molecule has 2 fully saturated rings. The molecule has 9 heteroatoms. The van der Waals surface area contributed by atoms with Crippen molar-refractivity contribution in [3.8, 4) is 11.3 Å². The largest absolute Gasteiger partial charge is 0.455 e. The molecule has 2 aliphatic rings. The summed E-state index contributed by atoms with van der Waals surface area (Å²) in [7, 11) is 0. The number of likely N-dealkylation sites (tertiary alicyclic amines) is 1. The summed E-state index contributed by atoms with van der Waals surface area (Å²) in [6.07, 6.45) is 6.92. The zero-order valence-electron chi connectivity index (χ0n) is 17.2. The second kappa shape index (κ2) is 12.3. The normalized spacial score (nSPS) is 19.2. The van der Waals surface area contributed by atoms with Crippen LogP contribution in [0, 0.1) is 0 Å². The van der Waals surface area contributed by atoms with Gasteiger partial charge in [0.2, 0.25) is 0 Å². The Morgan fingerprint density at radius 2 is 1.81 bits per heavy atom. The van der Waals surface area contributed by atoms with E-state index in [0.29, 0.717) is 17.3 Å². The molecule has 1 amide bonds. The van der Waals surface area contributed by atoms with Crippen LogP contribution in [0.2, 0.25) is 5.02 Å². The first kappa shape index (κ1) is 25.5. The summed E-state index contributed by atoms with van der Waals surface area (Å²) in [5.74, 6) is 1.30. The quantitative estimate of drug-likeness (QED) is 0.458. The van der Waals surface area contributed by atoms with Gasteiger partial charge in [-0.3, -0.25) is 0 Å². The van der Waals surface area contributed by atoms with E-state index < -0.39 is 6.09 Å². The molecule has 2 aliphatic heterocycles. The monoisotopic (exact) mass is 487 g/mol. The Labute approximate surface area is 200 Å². The molecule has 0 spiro atoms. The van der Waals surface area contributed by atoms with Gasteiger partial charge in [-0.25, -0.2) is 4.79 Å². The predicted molar refractivity (Wildman–Crippen MR) is 128 cm³/mol. The minimum atomic E-state index is -0.395. The molecular formula is C22H28Cl3N3O3. The van der Waals surface area contributed by atoms with Gasteiger partial charge in [0.1, 0.15) is 17.6 Å². The maximum absolute atomic E-state index is 12.1. The highest BCUT2D eigenvalue weighted by atomic mass is 35.5. The third kappa shape index (κ3) is 7.14. The number of halogens is 3. The Hall–Kier alpha value is -1.73. The fourth-order valence-corrected chi connectivity index (χ4v) is 3.92. The highest BCUT2D eigenvalue weighted by Gasteiger charge is 2.30. The minimum absolute atomic E-state index is 0. The van der Waals surface area contributed by atoms with Crippen molar-refractivity contribution in [1.82, 2.24) is 9.91 Å². The van der Waals surface area contributed by atoms with Crippen molar-refractivity contribution in [2.75, 3.05) is 26.2 Å². The van der Waals surface area contributed by atoms with Crippen molar-refractivity contribution in [1.29, 1.82) is 0 Å². The maximum Gasteiger partial charge on any atom is 0.430 e. The molecular weight excluding hydrogens is 461 g/mol. The van der Waals surface area contributed by atoms with Gasteiger partial charge in [-0.1, -0.05) is 18.0 Å². The first-order valence-electron chi connectivity index (χ1n) is 10.3. The lowest BCUT2D eigenvalue weighted by molar-refractivity contribution is 0.124. The number of ether oxygens (including phenoxy) is 1. The van der Waals surface area contributed by atoms with Gasteiger partial charge >= 0.3 is 6.09 Å². The zero-order chi connectivity index (χ0) is 20.1. The Morgan fingerprint density at radius 3 is 2.55 bits per heavy atom. The van der Waals surface area contributed by atoms with Crippen LogP contribution in [-0.4, -0.2) is 54.5 Å². The van der Waals surface area contributed by atoms with Gasteiger partial charge in [0.25, 0.3) is 0 Å². The Morgan fingerprint density at radius 1 is 1.06 bits per heavy atom. The molecule has 31 heavy (non-hydrogen) atoms. The third-order valence-corrected chi connectivity index (χ3v) is 5.64. The van der Waals surface area contributed by atoms with Crippen LogP contribution in [0.3, 0.4) is 0 Å². The van der Waals surface area contributed by atoms with E-state index in [-0.39, 0.29) is 30.9 Å². The number of benzene rings is 1. The van der Waals surface area contributed by atoms with Gasteiger partial charge in [0.05, 0.1) is 12.8 Å². The lowest BCUT2D eigenvalue weighted by Gasteiger charge is -2.26. The fourth-order valence-electron chi connectivity index (χ4n) is 3.80. The van der Waals surface area contributed by atoms with Gasteiger partial charge in [-0.05, 0) is 81.7 Å². The van der Waals surface area contributed by atoms with Crippen LogP contribution in [-0.2, 0) is 4.74 Å². The number of hydrazone groups is 1. The number of hydrogen-bond acceptors (Lipinski definition) is 5. The molecule has 170 valence electrons. The van der Waals surface area contributed by atoms with Crippen LogP contribution in [0.15, 0.2) is 45.9 Å². The average Bonchev–Trinajstić information content (AvgIpc) is 3.34. The molecule has 0 saturated carbocycles. The summed E-state index contributed by atoms with van der Waals surface area (Å²) >= 11 is 5.92. The molecule has 4 rings (SSSR count). The van der Waals surface area contributed by atoms with Crippen LogP contribution in [0.4, 0.5) is 4.79 Å². The molecule has 6 nitrogen and oxygen atoms in total. The van der Waals surface area contributed by atoms with Gasteiger partial charge in [-0.2, -0.15) is 10.1 Å². The third-order valence-electron chi connectivity index (χ3n) is 5.38.